The summed E-state index contributed by atoms with van der Waals surface area (Å²) in [6, 6.07) is 11.0. The molecule has 0 aliphatic carbocycles. The van der Waals surface area contributed by atoms with Crippen LogP contribution in [0.1, 0.15) is 24.2 Å². The van der Waals surface area contributed by atoms with Gasteiger partial charge in [-0.1, -0.05) is 37.3 Å². The number of rotatable bonds is 5. The summed E-state index contributed by atoms with van der Waals surface area (Å²) in [5.74, 6) is -0.221. The lowest BCUT2D eigenvalue weighted by atomic mass is 10.1. The second-order valence-corrected chi connectivity index (χ2v) is 4.76. The van der Waals surface area contributed by atoms with Gasteiger partial charge in [0.1, 0.15) is 0 Å². The Hall–Kier alpha value is -2.07. The smallest absolute Gasteiger partial charge is 0.223 e. The van der Waals surface area contributed by atoms with Crippen LogP contribution in [0.4, 0.5) is 0 Å². The van der Waals surface area contributed by atoms with Gasteiger partial charge in [0.05, 0.1) is 18.3 Å². The van der Waals surface area contributed by atoms with Gasteiger partial charge in [0.25, 0.3) is 0 Å². The largest absolute Gasteiger partial charge is 0.503 e. The number of aromatic nitrogens is 1. The van der Waals surface area contributed by atoms with Crippen LogP contribution in [-0.2, 0) is 12.8 Å². The number of aromatic hydroxyl groups is 1. The van der Waals surface area contributed by atoms with Crippen LogP contribution in [0.5, 0.6) is 5.75 Å². The molecule has 0 saturated heterocycles. The zero-order valence-electron chi connectivity index (χ0n) is 11.5. The van der Waals surface area contributed by atoms with Crippen LogP contribution in [0, 0.1) is 0 Å². The van der Waals surface area contributed by atoms with Crippen LogP contribution in [0.2, 0.25) is 0 Å². The highest BCUT2D eigenvalue weighted by molar-refractivity contribution is 5.27. The number of nitrogens with zero attached hydrogens (tertiary/aromatic N) is 1. The van der Waals surface area contributed by atoms with E-state index in [4.69, 9.17) is 0 Å². The summed E-state index contributed by atoms with van der Waals surface area (Å²) in [5, 5.41) is 19.5. The van der Waals surface area contributed by atoms with E-state index in [1.54, 1.807) is 10.8 Å². The van der Waals surface area contributed by atoms with E-state index in [0.29, 0.717) is 18.5 Å². The molecule has 1 atom stereocenters. The van der Waals surface area contributed by atoms with E-state index in [1.165, 1.54) is 6.07 Å². The average molecular weight is 273 g/mol. The molecule has 0 aliphatic rings. The van der Waals surface area contributed by atoms with E-state index >= 15 is 0 Å². The van der Waals surface area contributed by atoms with Crippen molar-refractivity contribution < 1.29 is 10.2 Å². The Kier molecular flexibility index (Phi) is 4.58. The molecule has 4 heteroatoms. The lowest BCUT2D eigenvalue weighted by Crippen LogP contribution is -2.21. The SMILES string of the molecule is CCc1c(O)c(=O)ccn1[C@H](CO)Cc1ccccc1. The second kappa shape index (κ2) is 6.39. The summed E-state index contributed by atoms with van der Waals surface area (Å²) < 4.78 is 1.80. The van der Waals surface area contributed by atoms with E-state index in [1.807, 2.05) is 37.3 Å². The van der Waals surface area contributed by atoms with E-state index in [0.717, 1.165) is 5.56 Å². The van der Waals surface area contributed by atoms with Crippen molar-refractivity contribution in [1.82, 2.24) is 4.57 Å². The quantitative estimate of drug-likeness (QED) is 0.874. The van der Waals surface area contributed by atoms with Crippen molar-refractivity contribution >= 4 is 0 Å². The van der Waals surface area contributed by atoms with Crippen molar-refractivity contribution in [2.75, 3.05) is 6.61 Å². The number of hydrogen-bond acceptors (Lipinski definition) is 3. The van der Waals surface area contributed by atoms with Crippen molar-refractivity contribution in [1.29, 1.82) is 0 Å². The standard InChI is InChI=1S/C16H19NO3/c1-2-14-16(20)15(19)8-9-17(14)13(11-18)10-12-6-4-3-5-7-12/h3-9,13,18,20H,2,10-11H2,1H3/t13-/m0/s1. The fraction of sp³-hybridized carbons (Fsp3) is 0.312. The Bertz CT molecular complexity index is 619. The van der Waals surface area contributed by atoms with E-state index in [9.17, 15) is 15.0 Å². The van der Waals surface area contributed by atoms with Gasteiger partial charge in [-0.05, 0) is 18.4 Å². The minimum atomic E-state index is -0.380. The summed E-state index contributed by atoms with van der Waals surface area (Å²) >= 11 is 0. The minimum absolute atomic E-state index is 0.0514. The molecule has 0 unspecified atom stereocenters. The van der Waals surface area contributed by atoms with Gasteiger partial charge in [-0.15, -0.1) is 0 Å². The second-order valence-electron chi connectivity index (χ2n) is 4.76. The molecule has 0 amide bonds. The topological polar surface area (TPSA) is 62.5 Å². The van der Waals surface area contributed by atoms with E-state index < -0.39 is 0 Å². The van der Waals surface area contributed by atoms with Gasteiger partial charge in [-0.3, -0.25) is 4.79 Å². The van der Waals surface area contributed by atoms with Gasteiger partial charge >= 0.3 is 0 Å². The highest BCUT2D eigenvalue weighted by Crippen LogP contribution is 2.20. The van der Waals surface area contributed by atoms with Crippen molar-refractivity contribution in [3.63, 3.8) is 0 Å². The van der Waals surface area contributed by atoms with E-state index in [-0.39, 0.29) is 23.8 Å². The molecule has 4 nitrogen and oxygen atoms in total. The third-order valence-corrected chi connectivity index (χ3v) is 3.46. The molecule has 2 N–H and O–H groups in total. The van der Waals surface area contributed by atoms with Crippen LogP contribution in [0.3, 0.4) is 0 Å². The first-order chi connectivity index (χ1) is 9.67. The maximum absolute atomic E-state index is 11.5. The molecule has 106 valence electrons. The number of hydrogen-bond donors (Lipinski definition) is 2. The number of aliphatic hydroxyl groups excluding tert-OH is 1. The normalized spacial score (nSPS) is 12.3. The predicted molar refractivity (Wildman–Crippen MR) is 78.0 cm³/mol. The van der Waals surface area contributed by atoms with Crippen molar-refractivity contribution in [2.24, 2.45) is 0 Å². The predicted octanol–water partition coefficient (Wildman–Crippen LogP) is 1.89. The Balaban J connectivity index is 2.37. The maximum atomic E-state index is 11.5. The average Bonchev–Trinajstić information content (AvgIpc) is 2.48. The monoisotopic (exact) mass is 273 g/mol. The van der Waals surface area contributed by atoms with Gasteiger partial charge in [0, 0.05) is 12.3 Å². The molecule has 2 aromatic rings. The lowest BCUT2D eigenvalue weighted by Gasteiger charge is -2.22. The van der Waals surface area contributed by atoms with Crippen molar-refractivity contribution in [3.05, 3.63) is 64.1 Å². The molecule has 0 radical (unpaired) electrons. The molecule has 0 spiro atoms. The fourth-order valence-corrected chi connectivity index (χ4v) is 2.41. The molecule has 0 fully saturated rings. The van der Waals surface area contributed by atoms with Crippen molar-refractivity contribution in [3.8, 4) is 5.75 Å². The van der Waals surface area contributed by atoms with Crippen LogP contribution in [0.15, 0.2) is 47.4 Å². The number of benzene rings is 1. The van der Waals surface area contributed by atoms with Gasteiger partial charge in [-0.2, -0.15) is 0 Å². The summed E-state index contributed by atoms with van der Waals surface area (Å²) in [4.78, 5) is 11.5. The van der Waals surface area contributed by atoms with Gasteiger partial charge in [0.2, 0.25) is 5.43 Å². The molecule has 2 rings (SSSR count). The molecule has 0 saturated carbocycles. The molecular formula is C16H19NO3. The maximum Gasteiger partial charge on any atom is 0.223 e. The Morgan fingerprint density at radius 3 is 2.50 bits per heavy atom. The van der Waals surface area contributed by atoms with Gasteiger partial charge in [-0.25, -0.2) is 0 Å². The first kappa shape index (κ1) is 14.3. The molecule has 1 aromatic carbocycles. The molecule has 1 heterocycles. The fourth-order valence-electron chi connectivity index (χ4n) is 2.41. The highest BCUT2D eigenvalue weighted by Gasteiger charge is 2.16. The van der Waals surface area contributed by atoms with Gasteiger partial charge in [0.15, 0.2) is 5.75 Å². The zero-order valence-corrected chi connectivity index (χ0v) is 11.5. The summed E-state index contributed by atoms with van der Waals surface area (Å²) in [6.07, 6.45) is 2.82. The Morgan fingerprint density at radius 1 is 1.20 bits per heavy atom. The third-order valence-electron chi connectivity index (χ3n) is 3.46. The van der Waals surface area contributed by atoms with Crippen LogP contribution >= 0.6 is 0 Å². The first-order valence-electron chi connectivity index (χ1n) is 6.75. The minimum Gasteiger partial charge on any atom is -0.503 e. The van der Waals surface area contributed by atoms with Crippen LogP contribution < -0.4 is 5.43 Å². The molecule has 20 heavy (non-hydrogen) atoms. The first-order valence-corrected chi connectivity index (χ1v) is 6.75. The number of pyridine rings is 1. The molecule has 0 bridgehead atoms. The molecular weight excluding hydrogens is 254 g/mol. The lowest BCUT2D eigenvalue weighted by molar-refractivity contribution is 0.223. The van der Waals surface area contributed by atoms with E-state index in [2.05, 4.69) is 0 Å². The van der Waals surface area contributed by atoms with Gasteiger partial charge < -0.3 is 14.8 Å². The molecule has 1 aromatic heterocycles. The van der Waals surface area contributed by atoms with Crippen molar-refractivity contribution in [2.45, 2.75) is 25.8 Å². The van der Waals surface area contributed by atoms with Crippen LogP contribution in [-0.4, -0.2) is 21.4 Å². The summed E-state index contributed by atoms with van der Waals surface area (Å²) in [5.41, 5.74) is 1.29. The van der Waals surface area contributed by atoms with Crippen LogP contribution in [0.25, 0.3) is 0 Å². The zero-order chi connectivity index (χ0) is 14.5. The third kappa shape index (κ3) is 2.91. The summed E-state index contributed by atoms with van der Waals surface area (Å²) in [7, 11) is 0. The Morgan fingerprint density at radius 2 is 1.90 bits per heavy atom. The number of aliphatic hydroxyl groups is 1. The molecule has 0 aliphatic heterocycles. The Labute approximate surface area is 117 Å². The highest BCUT2D eigenvalue weighted by atomic mass is 16.3. The summed E-state index contributed by atoms with van der Waals surface area (Å²) in [6.45, 7) is 1.83.